The summed E-state index contributed by atoms with van der Waals surface area (Å²) < 4.78 is 0. The first-order valence-electron chi connectivity index (χ1n) is 13.4. The number of Topliss-reactive ketones (excluding diaryl/α,β-unsaturated/α-hetero) is 1. The third-order valence-corrected chi connectivity index (χ3v) is 12.8. The smallest absolute Gasteiger partial charge is 0.138 e. The lowest BCUT2D eigenvalue weighted by atomic mass is 9.34. The van der Waals surface area contributed by atoms with E-state index in [1.807, 2.05) is 5.57 Å². The predicted octanol–water partition coefficient (Wildman–Crippen LogP) is 8.38. The van der Waals surface area contributed by atoms with E-state index >= 15 is 0 Å². The second-order valence-electron chi connectivity index (χ2n) is 15.0. The topological polar surface area (TPSA) is 17.1 Å². The molecule has 0 saturated heterocycles. The SMILES string of the molecule is CC1(C)CC[C@]2(C)CC[C@]3(C)C(=CC[C@@H]4[C@@]5(C)CCC(=O)C(C)(C)[C@@H]5CC[C@]43C)[C@H]2C1. The molecule has 0 aliphatic heterocycles. The summed E-state index contributed by atoms with van der Waals surface area (Å²) in [6.45, 7) is 20.1. The molecule has 0 bridgehead atoms. The molecule has 0 aromatic carbocycles. The summed E-state index contributed by atoms with van der Waals surface area (Å²) in [6, 6.07) is 0. The molecule has 1 heteroatoms. The minimum Gasteiger partial charge on any atom is -0.299 e. The first kappa shape index (κ1) is 22.2. The molecule has 5 aliphatic rings. The van der Waals surface area contributed by atoms with Gasteiger partial charge < -0.3 is 0 Å². The van der Waals surface area contributed by atoms with Crippen molar-refractivity contribution < 1.29 is 4.79 Å². The maximum atomic E-state index is 12.9. The number of hydrogen-bond acceptors (Lipinski definition) is 1. The van der Waals surface area contributed by atoms with Gasteiger partial charge in [-0.3, -0.25) is 4.79 Å². The van der Waals surface area contributed by atoms with E-state index in [9.17, 15) is 4.79 Å². The van der Waals surface area contributed by atoms with Crippen LogP contribution in [0.25, 0.3) is 0 Å². The molecule has 174 valence electrons. The molecule has 0 radical (unpaired) electrons. The maximum Gasteiger partial charge on any atom is 0.138 e. The summed E-state index contributed by atoms with van der Waals surface area (Å²) in [5, 5.41) is 0. The van der Waals surface area contributed by atoms with Gasteiger partial charge in [0.25, 0.3) is 0 Å². The van der Waals surface area contributed by atoms with Crippen molar-refractivity contribution in [1.29, 1.82) is 0 Å². The molecule has 4 saturated carbocycles. The van der Waals surface area contributed by atoms with Crippen LogP contribution in [0.5, 0.6) is 0 Å². The van der Waals surface area contributed by atoms with Crippen molar-refractivity contribution in [2.75, 3.05) is 0 Å². The average molecular weight is 425 g/mol. The Bertz CT molecular complexity index is 831. The Morgan fingerprint density at radius 2 is 1.48 bits per heavy atom. The Kier molecular flexibility index (Phi) is 4.51. The summed E-state index contributed by atoms with van der Waals surface area (Å²) in [4.78, 5) is 12.9. The highest BCUT2D eigenvalue weighted by atomic mass is 16.1. The quantitative estimate of drug-likeness (QED) is 0.357. The summed E-state index contributed by atoms with van der Waals surface area (Å²) in [6.07, 6.45) is 15.5. The van der Waals surface area contributed by atoms with Gasteiger partial charge in [0.2, 0.25) is 0 Å². The third kappa shape index (κ3) is 2.70. The van der Waals surface area contributed by atoms with Crippen LogP contribution < -0.4 is 0 Å². The van der Waals surface area contributed by atoms with Crippen LogP contribution in [0.15, 0.2) is 11.6 Å². The number of hydrogen-bond donors (Lipinski definition) is 0. The summed E-state index contributed by atoms with van der Waals surface area (Å²) in [5.74, 6) is 2.58. The first-order chi connectivity index (χ1) is 14.2. The molecule has 5 aliphatic carbocycles. The third-order valence-electron chi connectivity index (χ3n) is 12.8. The van der Waals surface area contributed by atoms with Gasteiger partial charge in [-0.15, -0.1) is 0 Å². The summed E-state index contributed by atoms with van der Waals surface area (Å²) in [7, 11) is 0. The molecule has 0 aromatic heterocycles. The van der Waals surface area contributed by atoms with Crippen molar-refractivity contribution in [2.24, 2.45) is 50.2 Å². The lowest BCUT2D eigenvalue weighted by Crippen LogP contribution is -2.64. The van der Waals surface area contributed by atoms with Crippen LogP contribution in [-0.2, 0) is 4.79 Å². The highest BCUT2D eigenvalue weighted by molar-refractivity contribution is 5.85. The normalized spacial score (nSPS) is 52.8. The van der Waals surface area contributed by atoms with E-state index in [1.54, 1.807) is 0 Å². The fourth-order valence-corrected chi connectivity index (χ4v) is 10.3. The monoisotopic (exact) mass is 424 g/mol. The number of carbonyl (C=O) groups excluding carboxylic acids is 1. The Balaban J connectivity index is 1.58. The average Bonchev–Trinajstić information content (AvgIpc) is 2.67. The van der Waals surface area contributed by atoms with Crippen LogP contribution in [0.4, 0.5) is 0 Å². The predicted molar refractivity (Wildman–Crippen MR) is 130 cm³/mol. The fraction of sp³-hybridized carbons (Fsp3) is 0.900. The van der Waals surface area contributed by atoms with Gasteiger partial charge in [0.1, 0.15) is 5.78 Å². The van der Waals surface area contributed by atoms with Gasteiger partial charge in [0, 0.05) is 11.8 Å². The molecule has 0 N–H and O–H groups in total. The molecule has 31 heavy (non-hydrogen) atoms. The van der Waals surface area contributed by atoms with Crippen LogP contribution in [-0.4, -0.2) is 5.78 Å². The van der Waals surface area contributed by atoms with Crippen molar-refractivity contribution in [3.8, 4) is 0 Å². The highest BCUT2D eigenvalue weighted by Gasteiger charge is 2.67. The largest absolute Gasteiger partial charge is 0.299 e. The minimum absolute atomic E-state index is 0.141. The van der Waals surface area contributed by atoms with Crippen molar-refractivity contribution in [2.45, 2.75) is 120 Å². The van der Waals surface area contributed by atoms with E-state index in [0.717, 1.165) is 24.7 Å². The van der Waals surface area contributed by atoms with E-state index < -0.39 is 0 Å². The second-order valence-corrected chi connectivity index (χ2v) is 15.0. The van der Waals surface area contributed by atoms with Crippen LogP contribution in [0.3, 0.4) is 0 Å². The van der Waals surface area contributed by atoms with E-state index in [1.165, 1.54) is 51.4 Å². The van der Waals surface area contributed by atoms with Crippen LogP contribution in [0.2, 0.25) is 0 Å². The molecule has 0 heterocycles. The Hall–Kier alpha value is -0.590. The zero-order chi connectivity index (χ0) is 22.7. The molecule has 0 spiro atoms. The standard InChI is InChI=1S/C30H48O/c1-25(2)15-16-27(5)17-18-29(7)20(21(27)19-25)9-10-23-28(6)13-12-24(31)26(3,4)22(28)11-14-30(23,29)8/h9,21-23H,10-19H2,1-8H3/t21-,22+,23-,27-,28+,29-,30-/m1/s1. The number of rotatable bonds is 0. The number of fused-ring (bicyclic) bond motifs is 7. The summed E-state index contributed by atoms with van der Waals surface area (Å²) in [5.41, 5.74) is 3.75. The van der Waals surface area contributed by atoms with E-state index in [2.05, 4.69) is 61.5 Å². The number of ketones is 1. The highest BCUT2D eigenvalue weighted by Crippen LogP contribution is 2.75. The van der Waals surface area contributed by atoms with Crippen molar-refractivity contribution in [3.63, 3.8) is 0 Å². The van der Waals surface area contributed by atoms with Gasteiger partial charge in [-0.1, -0.05) is 67.0 Å². The van der Waals surface area contributed by atoms with Crippen molar-refractivity contribution in [3.05, 3.63) is 11.6 Å². The molecule has 4 fully saturated rings. The molecule has 0 amide bonds. The molecule has 0 aromatic rings. The van der Waals surface area contributed by atoms with Gasteiger partial charge in [0.05, 0.1) is 0 Å². The molecule has 7 atom stereocenters. The van der Waals surface area contributed by atoms with E-state index in [-0.39, 0.29) is 5.41 Å². The molecular weight excluding hydrogens is 376 g/mol. The maximum absolute atomic E-state index is 12.9. The zero-order valence-corrected chi connectivity index (χ0v) is 21.8. The fourth-order valence-electron chi connectivity index (χ4n) is 10.3. The Labute approximate surface area is 192 Å². The molecule has 0 unspecified atom stereocenters. The van der Waals surface area contributed by atoms with Crippen molar-refractivity contribution >= 4 is 5.78 Å². The Morgan fingerprint density at radius 1 is 0.806 bits per heavy atom. The lowest BCUT2D eigenvalue weighted by Gasteiger charge is -2.70. The van der Waals surface area contributed by atoms with Gasteiger partial charge in [-0.25, -0.2) is 0 Å². The molecular formula is C30H48O. The zero-order valence-electron chi connectivity index (χ0n) is 21.8. The van der Waals surface area contributed by atoms with E-state index in [4.69, 9.17) is 0 Å². The first-order valence-corrected chi connectivity index (χ1v) is 13.4. The van der Waals surface area contributed by atoms with Crippen LogP contribution >= 0.6 is 0 Å². The number of carbonyl (C=O) groups is 1. The minimum atomic E-state index is -0.141. The van der Waals surface area contributed by atoms with E-state index in [0.29, 0.717) is 38.8 Å². The van der Waals surface area contributed by atoms with Gasteiger partial charge in [-0.05, 0) is 103 Å². The van der Waals surface area contributed by atoms with Crippen LogP contribution in [0, 0.1) is 50.2 Å². The molecule has 1 nitrogen and oxygen atoms in total. The summed E-state index contributed by atoms with van der Waals surface area (Å²) >= 11 is 0. The molecule has 5 rings (SSSR count). The number of allylic oxidation sites excluding steroid dienone is 2. The van der Waals surface area contributed by atoms with Gasteiger partial charge >= 0.3 is 0 Å². The van der Waals surface area contributed by atoms with Gasteiger partial charge in [-0.2, -0.15) is 0 Å². The van der Waals surface area contributed by atoms with Gasteiger partial charge in [0.15, 0.2) is 0 Å². The van der Waals surface area contributed by atoms with Crippen molar-refractivity contribution in [1.82, 2.24) is 0 Å². The Morgan fingerprint density at radius 3 is 2.19 bits per heavy atom. The van der Waals surface area contributed by atoms with Crippen LogP contribution in [0.1, 0.15) is 120 Å². The second kappa shape index (κ2) is 6.29. The lowest BCUT2D eigenvalue weighted by molar-refractivity contribution is -0.184.